The number of amides is 1. The topological polar surface area (TPSA) is 55.1 Å². The van der Waals surface area contributed by atoms with Gasteiger partial charge in [0.25, 0.3) is 5.91 Å². The zero-order valence-corrected chi connectivity index (χ0v) is 16.2. The summed E-state index contributed by atoms with van der Waals surface area (Å²) in [5, 5.41) is 8.61. The van der Waals surface area contributed by atoms with Gasteiger partial charge in [-0.05, 0) is 49.2 Å². The lowest BCUT2D eigenvalue weighted by Crippen LogP contribution is -2.25. The highest BCUT2D eigenvalue weighted by Gasteiger charge is 2.14. The molecular formula is C23H19ClN2O2. The van der Waals surface area contributed by atoms with Crippen LogP contribution in [0, 0.1) is 6.92 Å². The molecule has 0 aliphatic heterocycles. The second-order valence-electron chi connectivity index (χ2n) is 6.74. The molecule has 0 saturated carbocycles. The van der Waals surface area contributed by atoms with Crippen LogP contribution in [0.4, 0.5) is 0 Å². The third kappa shape index (κ3) is 3.92. The largest absolute Gasteiger partial charge is 0.355 e. The zero-order valence-electron chi connectivity index (χ0n) is 15.4. The van der Waals surface area contributed by atoms with Gasteiger partial charge in [-0.15, -0.1) is 0 Å². The van der Waals surface area contributed by atoms with Gasteiger partial charge in [0.15, 0.2) is 5.76 Å². The maximum Gasteiger partial charge on any atom is 0.251 e. The maximum absolute atomic E-state index is 12.6. The summed E-state index contributed by atoms with van der Waals surface area (Å²) >= 11 is 5.90. The van der Waals surface area contributed by atoms with Crippen LogP contribution in [0.1, 0.15) is 21.5 Å². The number of halogens is 1. The molecule has 140 valence electrons. The molecule has 0 spiro atoms. The van der Waals surface area contributed by atoms with Crippen LogP contribution in [-0.4, -0.2) is 17.6 Å². The lowest BCUT2D eigenvalue weighted by Gasteiger charge is -2.06. The van der Waals surface area contributed by atoms with E-state index in [1.165, 1.54) is 5.56 Å². The summed E-state index contributed by atoms with van der Waals surface area (Å²) in [5.74, 6) is 0.553. The number of hydrogen-bond acceptors (Lipinski definition) is 3. The predicted molar refractivity (Wildman–Crippen MR) is 112 cm³/mol. The third-order valence-corrected chi connectivity index (χ3v) is 4.92. The fourth-order valence-electron chi connectivity index (χ4n) is 3.07. The molecule has 1 amide bonds. The molecule has 5 heteroatoms. The monoisotopic (exact) mass is 390 g/mol. The van der Waals surface area contributed by atoms with Gasteiger partial charge in [-0.2, -0.15) is 0 Å². The Morgan fingerprint density at radius 3 is 2.54 bits per heavy atom. The van der Waals surface area contributed by atoms with Crippen LogP contribution in [0.3, 0.4) is 0 Å². The molecule has 0 bridgehead atoms. The van der Waals surface area contributed by atoms with Gasteiger partial charge in [0.2, 0.25) is 0 Å². The summed E-state index contributed by atoms with van der Waals surface area (Å²) in [5.41, 5.74) is 4.55. The van der Waals surface area contributed by atoms with Gasteiger partial charge in [-0.25, -0.2) is 0 Å². The first kappa shape index (κ1) is 18.3. The van der Waals surface area contributed by atoms with Crippen LogP contribution in [0.5, 0.6) is 0 Å². The smallest absolute Gasteiger partial charge is 0.251 e. The first-order valence-corrected chi connectivity index (χ1v) is 9.47. The van der Waals surface area contributed by atoms with Crippen molar-refractivity contribution >= 4 is 28.4 Å². The van der Waals surface area contributed by atoms with Gasteiger partial charge in [0, 0.05) is 22.7 Å². The molecule has 4 nitrogen and oxygen atoms in total. The van der Waals surface area contributed by atoms with Crippen molar-refractivity contribution in [3.63, 3.8) is 0 Å². The number of nitrogens with zero attached hydrogens (tertiary/aromatic N) is 1. The molecule has 0 atom stereocenters. The number of fused-ring (bicyclic) bond motifs is 1. The van der Waals surface area contributed by atoms with E-state index in [4.69, 9.17) is 16.1 Å². The first-order valence-electron chi connectivity index (χ1n) is 9.09. The van der Waals surface area contributed by atoms with E-state index >= 15 is 0 Å². The van der Waals surface area contributed by atoms with Crippen LogP contribution >= 0.6 is 11.6 Å². The summed E-state index contributed by atoms with van der Waals surface area (Å²) in [4.78, 5) is 12.6. The van der Waals surface area contributed by atoms with Crippen LogP contribution in [0.2, 0.25) is 5.02 Å². The van der Waals surface area contributed by atoms with E-state index in [-0.39, 0.29) is 5.91 Å². The van der Waals surface area contributed by atoms with Crippen molar-refractivity contribution in [1.29, 1.82) is 0 Å². The van der Waals surface area contributed by atoms with Crippen LogP contribution in [0.15, 0.2) is 71.3 Å². The Labute approximate surface area is 168 Å². The number of hydrogen-bond donors (Lipinski definition) is 1. The number of benzene rings is 3. The molecule has 1 N–H and O–H groups in total. The quantitative estimate of drug-likeness (QED) is 0.494. The van der Waals surface area contributed by atoms with Crippen molar-refractivity contribution in [2.45, 2.75) is 13.3 Å². The number of nitrogens with one attached hydrogen (secondary N) is 1. The Balaban J connectivity index is 1.50. The SMILES string of the molecule is Cc1ccc(-c2onc3ccc(C(=O)NCCc4ccc(Cl)cc4)cc23)cc1. The van der Waals surface area contributed by atoms with E-state index in [0.29, 0.717) is 22.9 Å². The third-order valence-electron chi connectivity index (χ3n) is 4.66. The number of carbonyl (C=O) groups excluding carboxylic acids is 1. The molecule has 0 radical (unpaired) electrons. The molecule has 0 fully saturated rings. The fraction of sp³-hybridized carbons (Fsp3) is 0.130. The number of rotatable bonds is 5. The average molecular weight is 391 g/mol. The lowest BCUT2D eigenvalue weighted by atomic mass is 10.0. The predicted octanol–water partition coefficient (Wildman–Crippen LogP) is 5.43. The normalized spacial score (nSPS) is 10.9. The molecule has 1 heterocycles. The Bertz CT molecular complexity index is 1120. The summed E-state index contributed by atoms with van der Waals surface area (Å²) in [7, 11) is 0. The highest BCUT2D eigenvalue weighted by atomic mass is 35.5. The minimum absolute atomic E-state index is 0.119. The van der Waals surface area contributed by atoms with Gasteiger partial charge >= 0.3 is 0 Å². The second kappa shape index (κ2) is 7.87. The lowest BCUT2D eigenvalue weighted by molar-refractivity contribution is 0.0954. The molecule has 0 aliphatic rings. The van der Waals surface area contributed by atoms with E-state index in [1.807, 2.05) is 67.6 Å². The van der Waals surface area contributed by atoms with E-state index in [1.54, 1.807) is 6.07 Å². The molecule has 4 aromatic rings. The molecule has 0 aliphatic carbocycles. The Hall–Kier alpha value is -3.11. The zero-order chi connectivity index (χ0) is 19.5. The minimum Gasteiger partial charge on any atom is -0.355 e. The molecule has 28 heavy (non-hydrogen) atoms. The van der Waals surface area contributed by atoms with Crippen molar-refractivity contribution in [2.75, 3.05) is 6.54 Å². The van der Waals surface area contributed by atoms with Crippen molar-refractivity contribution in [3.8, 4) is 11.3 Å². The van der Waals surface area contributed by atoms with Crippen molar-refractivity contribution in [3.05, 3.63) is 88.4 Å². The van der Waals surface area contributed by atoms with Crippen molar-refractivity contribution < 1.29 is 9.32 Å². The highest BCUT2D eigenvalue weighted by molar-refractivity contribution is 6.30. The van der Waals surface area contributed by atoms with Crippen LogP contribution in [0.25, 0.3) is 22.2 Å². The molecule has 4 rings (SSSR count). The van der Waals surface area contributed by atoms with Crippen molar-refractivity contribution in [2.24, 2.45) is 0 Å². The Morgan fingerprint density at radius 1 is 1.04 bits per heavy atom. The molecule has 0 unspecified atom stereocenters. The first-order chi connectivity index (χ1) is 13.6. The fourth-order valence-corrected chi connectivity index (χ4v) is 3.20. The number of carbonyl (C=O) groups is 1. The van der Waals surface area contributed by atoms with Gasteiger partial charge in [-0.3, -0.25) is 4.79 Å². The maximum atomic E-state index is 12.6. The van der Waals surface area contributed by atoms with Crippen LogP contribution < -0.4 is 5.32 Å². The summed E-state index contributed by atoms with van der Waals surface area (Å²) in [6, 6.07) is 21.1. The van der Waals surface area contributed by atoms with Gasteiger partial charge < -0.3 is 9.84 Å². The minimum atomic E-state index is -0.119. The number of aryl methyl sites for hydroxylation is 1. The Morgan fingerprint density at radius 2 is 1.79 bits per heavy atom. The molecule has 3 aromatic carbocycles. The molecule has 0 saturated heterocycles. The molecule has 1 aromatic heterocycles. The van der Waals surface area contributed by atoms with E-state index in [2.05, 4.69) is 10.5 Å². The van der Waals surface area contributed by atoms with Crippen LogP contribution in [-0.2, 0) is 6.42 Å². The average Bonchev–Trinajstić information content (AvgIpc) is 3.13. The summed E-state index contributed by atoms with van der Waals surface area (Å²) in [6.07, 6.45) is 0.743. The summed E-state index contributed by atoms with van der Waals surface area (Å²) in [6.45, 7) is 2.59. The van der Waals surface area contributed by atoms with E-state index < -0.39 is 0 Å². The molecular weight excluding hydrogens is 372 g/mol. The summed E-state index contributed by atoms with van der Waals surface area (Å²) < 4.78 is 5.53. The van der Waals surface area contributed by atoms with Gasteiger partial charge in [-0.1, -0.05) is 58.7 Å². The van der Waals surface area contributed by atoms with Gasteiger partial charge in [0.1, 0.15) is 5.52 Å². The van der Waals surface area contributed by atoms with E-state index in [9.17, 15) is 4.79 Å². The van der Waals surface area contributed by atoms with Gasteiger partial charge in [0.05, 0.1) is 5.39 Å². The second-order valence-corrected chi connectivity index (χ2v) is 7.18. The highest BCUT2D eigenvalue weighted by Crippen LogP contribution is 2.29. The number of aromatic nitrogens is 1. The van der Waals surface area contributed by atoms with E-state index in [0.717, 1.165) is 28.5 Å². The van der Waals surface area contributed by atoms with Crippen molar-refractivity contribution in [1.82, 2.24) is 10.5 Å². The Kier molecular flexibility index (Phi) is 5.13. The standard InChI is InChI=1S/C23H19ClN2O2/c1-15-2-6-17(7-3-15)22-20-14-18(8-11-21(20)26-28-22)23(27)25-13-12-16-4-9-19(24)10-5-16/h2-11,14H,12-13H2,1H3,(H,25,27).